The molecule has 1 aliphatic rings. The van der Waals surface area contributed by atoms with Crippen LogP contribution in [0.15, 0.2) is 28.6 Å². The summed E-state index contributed by atoms with van der Waals surface area (Å²) in [7, 11) is 0. The Hall–Kier alpha value is -2.74. The number of carbonyl (C=O) groups excluding carboxylic acids is 1. The number of amides is 1. The quantitative estimate of drug-likeness (QED) is 0.641. The van der Waals surface area contributed by atoms with Crippen LogP contribution in [0, 0.1) is 6.92 Å². The van der Waals surface area contributed by atoms with E-state index in [1.165, 1.54) is 22.8 Å². The predicted octanol–water partition coefficient (Wildman–Crippen LogP) is 4.43. The van der Waals surface area contributed by atoms with Crippen LogP contribution in [-0.4, -0.2) is 25.6 Å². The van der Waals surface area contributed by atoms with E-state index in [0.29, 0.717) is 23.4 Å². The smallest absolute Gasteiger partial charge is 0.233 e. The van der Waals surface area contributed by atoms with Crippen molar-refractivity contribution >= 4 is 28.8 Å². The number of aromatic nitrogens is 4. The van der Waals surface area contributed by atoms with E-state index in [-0.39, 0.29) is 12.3 Å². The topological polar surface area (TPSA) is 96.7 Å². The van der Waals surface area contributed by atoms with Crippen LogP contribution in [0.3, 0.4) is 0 Å². The molecule has 3 aromatic rings. The lowest BCUT2D eigenvalue weighted by atomic mass is 9.95. The van der Waals surface area contributed by atoms with E-state index in [4.69, 9.17) is 4.52 Å². The van der Waals surface area contributed by atoms with Crippen LogP contribution in [0.25, 0.3) is 5.57 Å². The third-order valence-corrected chi connectivity index (χ3v) is 5.84. The summed E-state index contributed by atoms with van der Waals surface area (Å²) in [6, 6.07) is 3.68. The molecule has 0 aromatic carbocycles. The van der Waals surface area contributed by atoms with E-state index in [2.05, 4.69) is 37.0 Å². The summed E-state index contributed by atoms with van der Waals surface area (Å²) in [4.78, 5) is 12.2. The summed E-state index contributed by atoms with van der Waals surface area (Å²) in [5.41, 5.74) is 5.25. The summed E-state index contributed by atoms with van der Waals surface area (Å²) in [6.45, 7) is 7.92. The van der Waals surface area contributed by atoms with Crippen molar-refractivity contribution in [1.29, 1.82) is 0 Å². The number of anilines is 1. The number of carbonyl (C=O) groups is 1. The van der Waals surface area contributed by atoms with Gasteiger partial charge in [-0.2, -0.15) is 9.47 Å². The molecule has 0 spiro atoms. The number of aryl methyl sites for hydroxylation is 1. The number of hydrogen-bond acceptors (Lipinski definition) is 6. The Morgan fingerprint density at radius 1 is 1.39 bits per heavy atom. The summed E-state index contributed by atoms with van der Waals surface area (Å²) >= 11 is 1.50. The molecule has 2 N–H and O–H groups in total. The average molecular weight is 398 g/mol. The average Bonchev–Trinajstić information content (AvgIpc) is 3.41. The lowest BCUT2D eigenvalue weighted by molar-refractivity contribution is -0.115. The zero-order chi connectivity index (χ0) is 19.7. The molecule has 0 radical (unpaired) electrons. The molecule has 4 rings (SSSR count). The maximum absolute atomic E-state index is 12.2. The van der Waals surface area contributed by atoms with Crippen LogP contribution < -0.4 is 5.32 Å². The highest BCUT2D eigenvalue weighted by Crippen LogP contribution is 2.44. The van der Waals surface area contributed by atoms with Gasteiger partial charge in [-0.3, -0.25) is 9.89 Å². The molecular weight excluding hydrogens is 374 g/mol. The van der Waals surface area contributed by atoms with Crippen LogP contribution in [0.1, 0.15) is 66.4 Å². The highest BCUT2D eigenvalue weighted by Gasteiger charge is 2.31. The van der Waals surface area contributed by atoms with Crippen molar-refractivity contribution in [2.45, 2.75) is 51.4 Å². The lowest BCUT2D eigenvalue weighted by Gasteiger charge is -2.10. The fourth-order valence-electron chi connectivity index (χ4n) is 3.83. The van der Waals surface area contributed by atoms with E-state index < -0.39 is 0 Å². The first-order chi connectivity index (χ1) is 13.5. The molecule has 0 saturated heterocycles. The summed E-state index contributed by atoms with van der Waals surface area (Å²) in [6.07, 6.45) is 3.34. The number of nitrogens with zero attached hydrogens (tertiary/aromatic N) is 3. The maximum Gasteiger partial charge on any atom is 0.233 e. The van der Waals surface area contributed by atoms with Gasteiger partial charge >= 0.3 is 0 Å². The molecule has 1 fully saturated rings. The van der Waals surface area contributed by atoms with Crippen LogP contribution in [-0.2, 0) is 11.2 Å². The molecule has 0 unspecified atom stereocenters. The first-order valence-corrected chi connectivity index (χ1v) is 10.2. The molecule has 2 atom stereocenters. The van der Waals surface area contributed by atoms with Gasteiger partial charge < -0.3 is 9.84 Å². The summed E-state index contributed by atoms with van der Waals surface area (Å²) in [5.74, 6) is 1.74. The van der Waals surface area contributed by atoms with Gasteiger partial charge in [-0.25, -0.2) is 0 Å². The molecule has 28 heavy (non-hydrogen) atoms. The van der Waals surface area contributed by atoms with Gasteiger partial charge in [-0.1, -0.05) is 11.7 Å². The Morgan fingerprint density at radius 3 is 2.96 bits per heavy atom. The Kier molecular flexibility index (Phi) is 5.13. The minimum Gasteiger partial charge on any atom is -0.361 e. The first-order valence-electron chi connectivity index (χ1n) is 9.37. The van der Waals surface area contributed by atoms with Gasteiger partial charge in [-0.15, -0.1) is 0 Å². The Labute approximate surface area is 167 Å². The zero-order valence-electron chi connectivity index (χ0n) is 16.0. The molecule has 3 heterocycles. The molecule has 0 bridgehead atoms. The standard InChI is InChI=1S/C20H23N5O2S/c1-11(2)16-10-28-25-20(16)14-5-4-13(7-14)17-9-18(23-22-17)21-19(26)8-15-6-12(3)24-27-15/h6,9-10,13-14H,1,4-5,7-8H2,2-3H3,(H2,21,22,23,26)/t13-,14+/m0/s1. The van der Waals surface area contributed by atoms with Gasteiger partial charge in [0.1, 0.15) is 5.76 Å². The Bertz CT molecular complexity index is 1000. The molecule has 3 aromatic heterocycles. The fraction of sp³-hybridized carbons (Fsp3) is 0.400. The van der Waals surface area contributed by atoms with Gasteiger partial charge in [0.2, 0.25) is 5.91 Å². The van der Waals surface area contributed by atoms with Crippen molar-refractivity contribution in [2.24, 2.45) is 0 Å². The molecule has 7 nitrogen and oxygen atoms in total. The summed E-state index contributed by atoms with van der Waals surface area (Å²) in [5, 5.41) is 16.0. The SMILES string of the molecule is C=C(C)c1csnc1[C@@H]1CC[C@H](c2cc(NC(=O)Cc3cc(C)no3)n[nH]2)C1. The number of allylic oxidation sites excluding steroid dienone is 1. The Morgan fingerprint density at radius 2 is 2.21 bits per heavy atom. The van der Waals surface area contributed by atoms with Crippen LogP contribution in [0.4, 0.5) is 5.82 Å². The van der Waals surface area contributed by atoms with Gasteiger partial charge in [0.25, 0.3) is 0 Å². The minimum absolute atomic E-state index is 0.141. The van der Waals surface area contributed by atoms with Crippen LogP contribution in [0.5, 0.6) is 0 Å². The molecular formula is C20H23N5O2S. The van der Waals surface area contributed by atoms with E-state index in [1.54, 1.807) is 6.07 Å². The van der Waals surface area contributed by atoms with Crippen molar-refractivity contribution < 1.29 is 9.32 Å². The molecule has 146 valence electrons. The van der Waals surface area contributed by atoms with Crippen LogP contribution >= 0.6 is 11.5 Å². The third-order valence-electron chi connectivity index (χ3n) is 5.19. The molecule has 0 aliphatic heterocycles. The van der Waals surface area contributed by atoms with Crippen molar-refractivity contribution in [1.82, 2.24) is 19.7 Å². The molecule has 1 amide bonds. The summed E-state index contributed by atoms with van der Waals surface area (Å²) < 4.78 is 9.70. The Balaban J connectivity index is 1.37. The number of hydrogen-bond donors (Lipinski definition) is 2. The van der Waals surface area contributed by atoms with E-state index in [1.807, 2.05) is 19.9 Å². The number of aromatic amines is 1. The van der Waals surface area contributed by atoms with E-state index in [9.17, 15) is 4.79 Å². The second-order valence-electron chi connectivity index (χ2n) is 7.47. The van der Waals surface area contributed by atoms with Crippen molar-refractivity contribution in [3.8, 4) is 0 Å². The number of nitrogens with one attached hydrogen (secondary N) is 2. The highest BCUT2D eigenvalue weighted by molar-refractivity contribution is 7.03. The second kappa shape index (κ2) is 7.71. The monoisotopic (exact) mass is 397 g/mol. The van der Waals surface area contributed by atoms with Gasteiger partial charge in [0.05, 0.1) is 17.8 Å². The normalized spacial score (nSPS) is 19.1. The van der Waals surface area contributed by atoms with Crippen molar-refractivity contribution in [3.63, 3.8) is 0 Å². The predicted molar refractivity (Wildman–Crippen MR) is 108 cm³/mol. The van der Waals surface area contributed by atoms with Crippen LogP contribution in [0.2, 0.25) is 0 Å². The molecule has 1 aliphatic carbocycles. The second-order valence-corrected chi connectivity index (χ2v) is 8.10. The van der Waals surface area contributed by atoms with E-state index in [0.717, 1.165) is 36.2 Å². The van der Waals surface area contributed by atoms with Gasteiger partial charge in [0, 0.05) is 40.6 Å². The highest BCUT2D eigenvalue weighted by atomic mass is 32.1. The largest absolute Gasteiger partial charge is 0.361 e. The minimum atomic E-state index is -0.174. The van der Waals surface area contributed by atoms with Gasteiger partial charge in [-0.05, 0) is 50.2 Å². The maximum atomic E-state index is 12.2. The lowest BCUT2D eigenvalue weighted by Crippen LogP contribution is -2.14. The number of H-pyrrole nitrogens is 1. The van der Waals surface area contributed by atoms with Crippen molar-refractivity contribution in [3.05, 3.63) is 52.5 Å². The fourth-order valence-corrected chi connectivity index (χ4v) is 4.67. The van der Waals surface area contributed by atoms with E-state index >= 15 is 0 Å². The van der Waals surface area contributed by atoms with Crippen molar-refractivity contribution in [2.75, 3.05) is 5.32 Å². The first kappa shape index (κ1) is 18.6. The third kappa shape index (κ3) is 3.91. The van der Waals surface area contributed by atoms with Gasteiger partial charge in [0.15, 0.2) is 5.82 Å². The molecule has 1 saturated carbocycles. The molecule has 8 heteroatoms. The zero-order valence-corrected chi connectivity index (χ0v) is 16.8. The number of rotatable bonds is 6.